The Morgan fingerprint density at radius 2 is 2.05 bits per heavy atom. The van der Waals surface area contributed by atoms with E-state index in [-0.39, 0.29) is 11.8 Å². The molecule has 0 radical (unpaired) electrons. The third kappa shape index (κ3) is 4.15. The van der Waals surface area contributed by atoms with Gasteiger partial charge in [0.2, 0.25) is 5.91 Å². The quantitative estimate of drug-likeness (QED) is 0.768. The number of benzene rings is 1. The summed E-state index contributed by atoms with van der Waals surface area (Å²) in [5, 5.41) is 7.18. The molecule has 1 aromatic carbocycles. The molecule has 0 aliphatic rings. The summed E-state index contributed by atoms with van der Waals surface area (Å²) >= 11 is 0. The van der Waals surface area contributed by atoms with E-state index in [0.29, 0.717) is 13.1 Å². The molecule has 21 heavy (non-hydrogen) atoms. The minimum atomic E-state index is 0.0786. The van der Waals surface area contributed by atoms with Crippen molar-refractivity contribution in [3.63, 3.8) is 0 Å². The molecule has 0 saturated carbocycles. The largest absolute Gasteiger partial charge is 0.368 e. The fourth-order valence-electron chi connectivity index (χ4n) is 2.25. The van der Waals surface area contributed by atoms with Crippen LogP contribution in [-0.2, 0) is 4.79 Å². The van der Waals surface area contributed by atoms with Crippen LogP contribution < -0.4 is 10.6 Å². The molecule has 0 saturated heterocycles. The highest BCUT2D eigenvalue weighted by atomic mass is 16.1. The molecule has 1 aromatic heterocycles. The average Bonchev–Trinajstić information content (AvgIpc) is 2.51. The van der Waals surface area contributed by atoms with Crippen molar-refractivity contribution >= 4 is 22.6 Å². The molecule has 0 aliphatic carbocycles. The number of carbonyl (C=O) groups is 1. The molecule has 5 nitrogen and oxygen atoms in total. The molecule has 2 rings (SSSR count). The van der Waals surface area contributed by atoms with Crippen molar-refractivity contribution in [2.75, 3.05) is 18.4 Å². The van der Waals surface area contributed by atoms with Crippen molar-refractivity contribution in [2.24, 2.45) is 5.92 Å². The number of hydrogen-bond donors (Lipinski definition) is 2. The van der Waals surface area contributed by atoms with Gasteiger partial charge in [0.25, 0.3) is 0 Å². The van der Waals surface area contributed by atoms with Crippen molar-refractivity contribution in [2.45, 2.75) is 26.7 Å². The Hall–Kier alpha value is -2.17. The van der Waals surface area contributed by atoms with Gasteiger partial charge < -0.3 is 10.6 Å². The smallest absolute Gasteiger partial charge is 0.222 e. The molecular formula is C16H22N4O. The van der Waals surface area contributed by atoms with Crippen LogP contribution in [-0.4, -0.2) is 29.0 Å². The Kier molecular flexibility index (Phi) is 5.49. The van der Waals surface area contributed by atoms with E-state index in [1.54, 1.807) is 6.33 Å². The summed E-state index contributed by atoms with van der Waals surface area (Å²) in [7, 11) is 0. The molecule has 2 aromatic rings. The molecular weight excluding hydrogens is 264 g/mol. The SMILES string of the molecule is CCC[C@H](C)C(=O)NCCNc1ncnc2ccccc12. The summed E-state index contributed by atoms with van der Waals surface area (Å²) in [6, 6.07) is 7.86. The summed E-state index contributed by atoms with van der Waals surface area (Å²) in [6.45, 7) is 5.28. The Bertz CT molecular complexity index is 594. The van der Waals surface area contributed by atoms with Crippen LogP contribution >= 0.6 is 0 Å². The van der Waals surface area contributed by atoms with Gasteiger partial charge in [-0.05, 0) is 18.6 Å². The number of nitrogens with zero attached hydrogens (tertiary/aromatic N) is 2. The predicted molar refractivity (Wildman–Crippen MR) is 85.1 cm³/mol. The van der Waals surface area contributed by atoms with Crippen molar-refractivity contribution in [3.8, 4) is 0 Å². The van der Waals surface area contributed by atoms with Crippen LogP contribution in [0, 0.1) is 5.92 Å². The van der Waals surface area contributed by atoms with Gasteiger partial charge in [-0.25, -0.2) is 9.97 Å². The minimum Gasteiger partial charge on any atom is -0.368 e. The molecule has 0 bridgehead atoms. The molecule has 1 amide bonds. The standard InChI is InChI=1S/C16H22N4O/c1-3-6-12(2)16(21)18-10-9-17-15-13-7-4-5-8-14(13)19-11-20-15/h4-5,7-8,11-12H,3,6,9-10H2,1-2H3,(H,18,21)(H,17,19,20)/t12-/m0/s1. The first-order valence-electron chi connectivity index (χ1n) is 7.43. The second-order valence-corrected chi connectivity index (χ2v) is 5.15. The zero-order valence-electron chi connectivity index (χ0n) is 12.6. The fourth-order valence-corrected chi connectivity index (χ4v) is 2.25. The number of amides is 1. The summed E-state index contributed by atoms with van der Waals surface area (Å²) in [5.41, 5.74) is 0.913. The highest BCUT2D eigenvalue weighted by molar-refractivity contribution is 5.88. The molecule has 0 fully saturated rings. The zero-order valence-corrected chi connectivity index (χ0v) is 12.6. The van der Waals surface area contributed by atoms with E-state index >= 15 is 0 Å². The number of rotatable bonds is 7. The van der Waals surface area contributed by atoms with Crippen LogP contribution in [0.25, 0.3) is 10.9 Å². The van der Waals surface area contributed by atoms with Crippen LogP contribution in [0.3, 0.4) is 0 Å². The van der Waals surface area contributed by atoms with Gasteiger partial charge in [-0.1, -0.05) is 32.4 Å². The predicted octanol–water partition coefficient (Wildman–Crippen LogP) is 2.59. The van der Waals surface area contributed by atoms with Gasteiger partial charge in [0, 0.05) is 24.4 Å². The lowest BCUT2D eigenvalue weighted by Gasteiger charge is -2.12. The Balaban J connectivity index is 1.84. The number of anilines is 1. The maximum atomic E-state index is 11.8. The number of aromatic nitrogens is 2. The normalized spacial score (nSPS) is 12.1. The molecule has 5 heteroatoms. The van der Waals surface area contributed by atoms with E-state index in [1.807, 2.05) is 31.2 Å². The molecule has 0 unspecified atom stereocenters. The lowest BCUT2D eigenvalue weighted by Crippen LogP contribution is -2.33. The third-order valence-electron chi connectivity index (χ3n) is 3.43. The van der Waals surface area contributed by atoms with E-state index in [4.69, 9.17) is 0 Å². The van der Waals surface area contributed by atoms with Gasteiger partial charge in [0.15, 0.2) is 0 Å². The maximum Gasteiger partial charge on any atom is 0.222 e. The van der Waals surface area contributed by atoms with Crippen LogP contribution in [0.2, 0.25) is 0 Å². The number of hydrogen-bond acceptors (Lipinski definition) is 4. The highest BCUT2D eigenvalue weighted by Crippen LogP contribution is 2.17. The zero-order chi connectivity index (χ0) is 15.1. The van der Waals surface area contributed by atoms with Crippen molar-refractivity contribution < 1.29 is 4.79 Å². The Labute approximate surface area is 125 Å². The van der Waals surface area contributed by atoms with Crippen molar-refractivity contribution in [1.29, 1.82) is 0 Å². The number of nitrogens with one attached hydrogen (secondary N) is 2. The van der Waals surface area contributed by atoms with Gasteiger partial charge in [0.1, 0.15) is 12.1 Å². The van der Waals surface area contributed by atoms with Crippen molar-refractivity contribution in [1.82, 2.24) is 15.3 Å². The number of fused-ring (bicyclic) bond motifs is 1. The second-order valence-electron chi connectivity index (χ2n) is 5.15. The Morgan fingerprint density at radius 3 is 2.86 bits per heavy atom. The third-order valence-corrected chi connectivity index (χ3v) is 3.43. The molecule has 0 aliphatic heterocycles. The summed E-state index contributed by atoms with van der Waals surface area (Å²) < 4.78 is 0. The van der Waals surface area contributed by atoms with Crippen LogP contribution in [0.15, 0.2) is 30.6 Å². The van der Waals surface area contributed by atoms with Gasteiger partial charge >= 0.3 is 0 Å². The lowest BCUT2D eigenvalue weighted by molar-refractivity contribution is -0.124. The molecule has 2 N–H and O–H groups in total. The first-order chi connectivity index (χ1) is 10.2. The van der Waals surface area contributed by atoms with Gasteiger partial charge in [-0.15, -0.1) is 0 Å². The number of carbonyl (C=O) groups excluding carboxylic acids is 1. The van der Waals surface area contributed by atoms with Gasteiger partial charge in [0.05, 0.1) is 5.52 Å². The molecule has 1 atom stereocenters. The van der Waals surface area contributed by atoms with E-state index in [0.717, 1.165) is 29.6 Å². The van der Waals surface area contributed by atoms with Crippen LogP contribution in [0.5, 0.6) is 0 Å². The average molecular weight is 286 g/mol. The maximum absolute atomic E-state index is 11.8. The summed E-state index contributed by atoms with van der Waals surface area (Å²) in [6.07, 6.45) is 3.50. The van der Waals surface area contributed by atoms with E-state index in [9.17, 15) is 4.79 Å². The molecule has 0 spiro atoms. The minimum absolute atomic E-state index is 0.0786. The first kappa shape index (κ1) is 15.2. The van der Waals surface area contributed by atoms with E-state index in [1.165, 1.54) is 0 Å². The monoisotopic (exact) mass is 286 g/mol. The highest BCUT2D eigenvalue weighted by Gasteiger charge is 2.10. The first-order valence-corrected chi connectivity index (χ1v) is 7.43. The number of para-hydroxylation sites is 1. The molecule has 112 valence electrons. The van der Waals surface area contributed by atoms with Gasteiger partial charge in [-0.2, -0.15) is 0 Å². The second kappa shape index (κ2) is 7.57. The van der Waals surface area contributed by atoms with Gasteiger partial charge in [-0.3, -0.25) is 4.79 Å². The molecule has 1 heterocycles. The van der Waals surface area contributed by atoms with Crippen molar-refractivity contribution in [3.05, 3.63) is 30.6 Å². The fraction of sp³-hybridized carbons (Fsp3) is 0.438. The Morgan fingerprint density at radius 1 is 1.24 bits per heavy atom. The van der Waals surface area contributed by atoms with E-state index < -0.39 is 0 Å². The summed E-state index contributed by atoms with van der Waals surface area (Å²) in [4.78, 5) is 20.3. The summed E-state index contributed by atoms with van der Waals surface area (Å²) in [5.74, 6) is 0.998. The van der Waals surface area contributed by atoms with E-state index in [2.05, 4.69) is 27.5 Å². The lowest BCUT2D eigenvalue weighted by atomic mass is 10.1. The van der Waals surface area contributed by atoms with Crippen LogP contribution in [0.4, 0.5) is 5.82 Å². The topological polar surface area (TPSA) is 66.9 Å². The van der Waals surface area contributed by atoms with Crippen LogP contribution in [0.1, 0.15) is 26.7 Å².